The van der Waals surface area contributed by atoms with E-state index in [-0.39, 0.29) is 11.9 Å². The lowest BCUT2D eigenvalue weighted by atomic mass is 10.2. The van der Waals surface area contributed by atoms with Crippen LogP contribution in [0.15, 0.2) is 29.6 Å². The molecule has 0 aliphatic carbocycles. The van der Waals surface area contributed by atoms with Gasteiger partial charge in [-0.2, -0.15) is 11.8 Å². The Kier molecular flexibility index (Phi) is 6.99. The van der Waals surface area contributed by atoms with E-state index in [1.54, 1.807) is 34.9 Å². The molecule has 0 spiro atoms. The minimum absolute atomic E-state index is 0.0357. The zero-order chi connectivity index (χ0) is 18.4. The molecule has 3 rings (SSSR count). The summed E-state index contributed by atoms with van der Waals surface area (Å²) in [6.07, 6.45) is 2.92. The molecule has 26 heavy (non-hydrogen) atoms. The summed E-state index contributed by atoms with van der Waals surface area (Å²) in [5.41, 5.74) is 2.97. The van der Waals surface area contributed by atoms with Crippen molar-refractivity contribution in [2.24, 2.45) is 0 Å². The van der Waals surface area contributed by atoms with Crippen molar-refractivity contribution in [2.45, 2.75) is 25.1 Å². The molecule has 2 N–H and O–H groups in total. The van der Waals surface area contributed by atoms with Crippen LogP contribution in [0.3, 0.4) is 0 Å². The second-order valence-corrected chi connectivity index (χ2v) is 8.92. The van der Waals surface area contributed by atoms with Crippen LogP contribution in [-0.4, -0.2) is 38.6 Å². The van der Waals surface area contributed by atoms with E-state index < -0.39 is 0 Å². The Bertz CT molecular complexity index is 828. The molecular weight excluding hydrogens is 384 g/mol. The van der Waals surface area contributed by atoms with Crippen LogP contribution in [0, 0.1) is 6.92 Å². The van der Waals surface area contributed by atoms with Crippen LogP contribution < -0.4 is 5.32 Å². The number of H-pyrrole nitrogens is 1. The van der Waals surface area contributed by atoms with Crippen LogP contribution in [0.2, 0.25) is 0 Å². The Morgan fingerprint density at radius 2 is 2.19 bits per heavy atom. The van der Waals surface area contributed by atoms with Gasteiger partial charge < -0.3 is 10.3 Å². The number of aromatic nitrogens is 3. The van der Waals surface area contributed by atoms with Crippen molar-refractivity contribution in [1.29, 1.82) is 0 Å². The number of hydrogen-bond acceptors (Lipinski definition) is 6. The quantitative estimate of drug-likeness (QED) is 0.558. The Hall–Kier alpha value is -1.51. The van der Waals surface area contributed by atoms with E-state index in [1.165, 1.54) is 0 Å². The fraction of sp³-hybridized carbons (Fsp3) is 0.389. The van der Waals surface area contributed by atoms with Gasteiger partial charge in [0.2, 0.25) is 5.91 Å². The van der Waals surface area contributed by atoms with Gasteiger partial charge in [0.05, 0.1) is 33.5 Å². The maximum atomic E-state index is 12.4. The SMILES string of the molecule is CSCC[C@H](NC(=O)CSCc1csc(C)n1)c1nc2ccccc2[nH]1. The average Bonchev–Trinajstić information content (AvgIpc) is 3.24. The number of fused-ring (bicyclic) bond motifs is 1. The van der Waals surface area contributed by atoms with Gasteiger partial charge in [-0.25, -0.2) is 9.97 Å². The van der Waals surface area contributed by atoms with E-state index in [9.17, 15) is 4.79 Å². The summed E-state index contributed by atoms with van der Waals surface area (Å²) < 4.78 is 0. The first kappa shape index (κ1) is 19.3. The maximum absolute atomic E-state index is 12.4. The summed E-state index contributed by atoms with van der Waals surface area (Å²) in [6, 6.07) is 7.85. The largest absolute Gasteiger partial charge is 0.345 e. The molecule has 0 saturated carbocycles. The minimum atomic E-state index is -0.0931. The van der Waals surface area contributed by atoms with Gasteiger partial charge in [-0.15, -0.1) is 23.1 Å². The number of aromatic amines is 1. The molecule has 5 nitrogen and oxygen atoms in total. The highest BCUT2D eigenvalue weighted by atomic mass is 32.2. The number of nitrogens with one attached hydrogen (secondary N) is 2. The number of nitrogens with zero attached hydrogens (tertiary/aromatic N) is 2. The third kappa shape index (κ3) is 5.25. The van der Waals surface area contributed by atoms with Gasteiger partial charge in [-0.05, 0) is 37.5 Å². The van der Waals surface area contributed by atoms with Gasteiger partial charge in [0, 0.05) is 11.1 Å². The number of imidazole rings is 1. The maximum Gasteiger partial charge on any atom is 0.230 e. The van der Waals surface area contributed by atoms with E-state index in [4.69, 9.17) is 0 Å². The molecule has 2 aromatic heterocycles. The summed E-state index contributed by atoms with van der Waals surface area (Å²) in [7, 11) is 0. The average molecular weight is 407 g/mol. The topological polar surface area (TPSA) is 70.7 Å². The number of para-hydroxylation sites is 2. The monoisotopic (exact) mass is 406 g/mol. The van der Waals surface area contributed by atoms with Crippen molar-refractivity contribution in [3.05, 3.63) is 46.2 Å². The number of thiazole rings is 1. The van der Waals surface area contributed by atoms with Crippen LogP contribution in [0.1, 0.15) is 29.0 Å². The van der Waals surface area contributed by atoms with Crippen molar-refractivity contribution >= 4 is 51.8 Å². The summed E-state index contributed by atoms with van der Waals surface area (Å²) in [6.45, 7) is 2.00. The fourth-order valence-electron chi connectivity index (χ4n) is 2.61. The zero-order valence-electron chi connectivity index (χ0n) is 14.8. The highest BCUT2D eigenvalue weighted by Gasteiger charge is 2.18. The molecule has 0 aliphatic rings. The van der Waals surface area contributed by atoms with Gasteiger partial charge >= 0.3 is 0 Å². The predicted molar refractivity (Wildman–Crippen MR) is 113 cm³/mol. The predicted octanol–water partition coefficient (Wildman–Crippen LogP) is 4.17. The third-order valence-corrected chi connectivity index (χ3v) is 6.27. The highest BCUT2D eigenvalue weighted by molar-refractivity contribution is 7.99. The molecule has 0 bridgehead atoms. The second kappa shape index (κ2) is 9.43. The molecule has 1 atom stereocenters. The minimum Gasteiger partial charge on any atom is -0.345 e. The smallest absolute Gasteiger partial charge is 0.230 e. The van der Waals surface area contributed by atoms with E-state index in [0.717, 1.165) is 45.5 Å². The molecule has 138 valence electrons. The first-order valence-corrected chi connectivity index (χ1v) is 11.8. The number of hydrogen-bond donors (Lipinski definition) is 2. The summed E-state index contributed by atoms with van der Waals surface area (Å²) in [5, 5.41) is 6.25. The van der Waals surface area contributed by atoms with Crippen LogP contribution in [0.5, 0.6) is 0 Å². The molecule has 0 fully saturated rings. The summed E-state index contributed by atoms with van der Waals surface area (Å²) in [4.78, 5) is 24.8. The zero-order valence-corrected chi connectivity index (χ0v) is 17.3. The Morgan fingerprint density at radius 1 is 1.35 bits per heavy atom. The van der Waals surface area contributed by atoms with Crippen LogP contribution in [0.25, 0.3) is 11.0 Å². The molecule has 2 heterocycles. The van der Waals surface area contributed by atoms with E-state index in [2.05, 4.69) is 31.9 Å². The number of benzene rings is 1. The van der Waals surface area contributed by atoms with E-state index in [0.29, 0.717) is 5.75 Å². The molecular formula is C18H22N4OS3. The van der Waals surface area contributed by atoms with Crippen LogP contribution in [-0.2, 0) is 10.5 Å². The van der Waals surface area contributed by atoms with E-state index in [1.807, 2.05) is 31.2 Å². The van der Waals surface area contributed by atoms with Crippen molar-refractivity contribution in [2.75, 3.05) is 17.8 Å². The van der Waals surface area contributed by atoms with Gasteiger partial charge in [0.15, 0.2) is 0 Å². The van der Waals surface area contributed by atoms with Gasteiger partial charge in [0.1, 0.15) is 5.82 Å². The van der Waals surface area contributed by atoms with Gasteiger partial charge in [-0.3, -0.25) is 4.79 Å². The van der Waals surface area contributed by atoms with Gasteiger partial charge in [-0.1, -0.05) is 12.1 Å². The molecule has 0 aliphatic heterocycles. The van der Waals surface area contributed by atoms with Crippen molar-refractivity contribution in [3.8, 4) is 0 Å². The Labute approximate surface area is 165 Å². The van der Waals surface area contributed by atoms with Crippen LogP contribution in [0.4, 0.5) is 0 Å². The molecule has 0 saturated heterocycles. The number of rotatable bonds is 9. The standard InChI is InChI=1S/C18H22N4OS3/c1-12-19-13(10-26-12)9-25-11-17(23)20-16(7-8-24-2)18-21-14-5-3-4-6-15(14)22-18/h3-6,10,16H,7-9,11H2,1-2H3,(H,20,23)(H,21,22)/t16-/m0/s1. The van der Waals surface area contributed by atoms with Crippen LogP contribution >= 0.6 is 34.9 Å². The van der Waals surface area contributed by atoms with Gasteiger partial charge in [0.25, 0.3) is 0 Å². The number of amides is 1. The number of carbonyl (C=O) groups is 1. The fourth-order valence-corrected chi connectivity index (χ4v) is 4.53. The molecule has 1 aromatic carbocycles. The molecule has 1 amide bonds. The van der Waals surface area contributed by atoms with Crippen molar-refractivity contribution in [1.82, 2.24) is 20.3 Å². The Balaban J connectivity index is 1.59. The lowest BCUT2D eigenvalue weighted by Crippen LogP contribution is -2.31. The lowest BCUT2D eigenvalue weighted by molar-refractivity contribution is -0.119. The Morgan fingerprint density at radius 3 is 2.92 bits per heavy atom. The molecule has 3 aromatic rings. The van der Waals surface area contributed by atoms with E-state index >= 15 is 0 Å². The lowest BCUT2D eigenvalue weighted by Gasteiger charge is -2.16. The first-order valence-electron chi connectivity index (χ1n) is 8.37. The normalized spacial score (nSPS) is 12.4. The highest BCUT2D eigenvalue weighted by Crippen LogP contribution is 2.21. The first-order chi connectivity index (χ1) is 12.7. The second-order valence-electron chi connectivity index (χ2n) is 5.89. The third-order valence-electron chi connectivity index (χ3n) is 3.83. The number of aryl methyl sites for hydroxylation is 1. The molecule has 0 radical (unpaired) electrons. The summed E-state index contributed by atoms with van der Waals surface area (Å²) >= 11 is 5.00. The van der Waals surface area contributed by atoms with Crippen molar-refractivity contribution < 1.29 is 4.79 Å². The molecule has 0 unspecified atom stereocenters. The number of thioether (sulfide) groups is 2. The van der Waals surface area contributed by atoms with Crippen molar-refractivity contribution in [3.63, 3.8) is 0 Å². The summed E-state index contributed by atoms with van der Waals surface area (Å²) in [5.74, 6) is 3.01. The number of carbonyl (C=O) groups excluding carboxylic acids is 1. The molecule has 8 heteroatoms.